The van der Waals surface area contributed by atoms with E-state index in [2.05, 4.69) is 21.2 Å². The van der Waals surface area contributed by atoms with Gasteiger partial charge in [-0.1, -0.05) is 24.3 Å². The molecular formula is C16H14BrFN2. The van der Waals surface area contributed by atoms with Gasteiger partial charge in [0.25, 0.3) is 0 Å². The fraction of sp³-hybridized carbons (Fsp3) is 0.188. The first-order valence-corrected chi connectivity index (χ1v) is 7.04. The van der Waals surface area contributed by atoms with Gasteiger partial charge < -0.3 is 5.32 Å². The second kappa shape index (κ2) is 6.06. The van der Waals surface area contributed by atoms with Crippen LogP contribution < -0.4 is 5.32 Å². The summed E-state index contributed by atoms with van der Waals surface area (Å²) in [5.74, 6) is -0.440. The van der Waals surface area contributed by atoms with Crippen LogP contribution in [0.4, 0.5) is 10.1 Å². The maximum atomic E-state index is 14.2. The monoisotopic (exact) mass is 332 g/mol. The van der Waals surface area contributed by atoms with Gasteiger partial charge in [0.05, 0.1) is 15.7 Å². The van der Waals surface area contributed by atoms with Crippen LogP contribution in [0.15, 0.2) is 40.9 Å². The van der Waals surface area contributed by atoms with Crippen LogP contribution in [-0.2, 0) is 0 Å². The Bertz CT molecular complexity index is 677. The summed E-state index contributed by atoms with van der Waals surface area (Å²) in [7, 11) is 0. The van der Waals surface area contributed by atoms with Crippen LogP contribution in [0.3, 0.4) is 0 Å². The average molecular weight is 333 g/mol. The van der Waals surface area contributed by atoms with E-state index >= 15 is 0 Å². The summed E-state index contributed by atoms with van der Waals surface area (Å²) in [6.45, 7) is 4.01. The molecule has 0 saturated heterocycles. The number of anilines is 1. The van der Waals surface area contributed by atoms with Gasteiger partial charge in [-0.3, -0.25) is 0 Å². The van der Waals surface area contributed by atoms with Crippen molar-refractivity contribution >= 4 is 21.6 Å². The van der Waals surface area contributed by atoms with E-state index in [9.17, 15) is 4.39 Å². The molecule has 0 bridgehead atoms. The van der Waals surface area contributed by atoms with E-state index in [-0.39, 0.29) is 16.1 Å². The molecule has 0 radical (unpaired) electrons. The SMILES string of the molecule is Cc1ccccc1C(C)Nc1ccc(C#N)c(Br)c1F. The van der Waals surface area contributed by atoms with Gasteiger partial charge >= 0.3 is 0 Å². The Labute approximate surface area is 126 Å². The summed E-state index contributed by atoms with van der Waals surface area (Å²) in [5, 5.41) is 12.0. The molecule has 1 atom stereocenters. The Morgan fingerprint density at radius 1 is 1.25 bits per heavy atom. The number of nitriles is 1. The third-order valence-corrected chi connectivity index (χ3v) is 4.01. The number of nitrogens with zero attached hydrogens (tertiary/aromatic N) is 1. The average Bonchev–Trinajstić information content (AvgIpc) is 2.44. The molecule has 0 aliphatic heterocycles. The predicted octanol–water partition coefficient (Wildman–Crippen LogP) is 4.94. The third-order valence-electron chi connectivity index (χ3n) is 3.23. The van der Waals surface area contributed by atoms with Crippen LogP contribution in [0.1, 0.15) is 29.7 Å². The van der Waals surface area contributed by atoms with Crippen molar-refractivity contribution in [2.75, 3.05) is 5.32 Å². The van der Waals surface area contributed by atoms with Gasteiger partial charge in [-0.05, 0) is 53.0 Å². The van der Waals surface area contributed by atoms with Crippen molar-refractivity contribution in [2.45, 2.75) is 19.9 Å². The molecule has 102 valence electrons. The van der Waals surface area contributed by atoms with E-state index in [1.54, 1.807) is 12.1 Å². The minimum atomic E-state index is -0.440. The topological polar surface area (TPSA) is 35.8 Å². The molecule has 0 spiro atoms. The second-order valence-corrected chi connectivity index (χ2v) is 5.42. The number of rotatable bonds is 3. The molecule has 2 rings (SSSR count). The molecule has 1 unspecified atom stereocenters. The third kappa shape index (κ3) is 2.83. The fourth-order valence-corrected chi connectivity index (χ4v) is 2.57. The maximum Gasteiger partial charge on any atom is 0.161 e. The molecule has 2 aromatic rings. The molecule has 4 heteroatoms. The Kier molecular flexibility index (Phi) is 4.41. The Morgan fingerprint density at radius 2 is 1.95 bits per heavy atom. The minimum absolute atomic E-state index is 0.0227. The number of nitrogens with one attached hydrogen (secondary N) is 1. The maximum absolute atomic E-state index is 14.2. The number of halogens is 2. The molecular weight excluding hydrogens is 319 g/mol. The second-order valence-electron chi connectivity index (χ2n) is 4.62. The van der Waals surface area contributed by atoms with Crippen molar-refractivity contribution in [3.8, 4) is 6.07 Å². The van der Waals surface area contributed by atoms with Gasteiger partial charge in [-0.25, -0.2) is 4.39 Å². The standard InChI is InChI=1S/C16H14BrFN2/c1-10-5-3-4-6-13(10)11(2)20-14-8-7-12(9-19)15(17)16(14)18/h3-8,11,20H,1-2H3. The molecule has 0 amide bonds. The summed E-state index contributed by atoms with van der Waals surface area (Å²) in [5.41, 5.74) is 2.94. The van der Waals surface area contributed by atoms with Crippen molar-refractivity contribution in [2.24, 2.45) is 0 Å². The fourth-order valence-electron chi connectivity index (χ4n) is 2.13. The first-order chi connectivity index (χ1) is 9.54. The summed E-state index contributed by atoms with van der Waals surface area (Å²) in [6, 6.07) is 13.1. The minimum Gasteiger partial charge on any atom is -0.376 e. The van der Waals surface area contributed by atoms with Crippen molar-refractivity contribution in [3.63, 3.8) is 0 Å². The Hall–Kier alpha value is -1.86. The van der Waals surface area contributed by atoms with Gasteiger partial charge in [-0.2, -0.15) is 5.26 Å². The van der Waals surface area contributed by atoms with E-state index in [1.165, 1.54) is 0 Å². The predicted molar refractivity (Wildman–Crippen MR) is 82.0 cm³/mol. The largest absolute Gasteiger partial charge is 0.376 e. The van der Waals surface area contributed by atoms with Gasteiger partial charge in [0, 0.05) is 6.04 Å². The van der Waals surface area contributed by atoms with E-state index < -0.39 is 5.82 Å². The number of benzene rings is 2. The van der Waals surface area contributed by atoms with E-state index in [4.69, 9.17) is 5.26 Å². The summed E-state index contributed by atoms with van der Waals surface area (Å²) in [6.07, 6.45) is 0. The van der Waals surface area contributed by atoms with E-state index in [0.717, 1.165) is 11.1 Å². The van der Waals surface area contributed by atoms with E-state index in [1.807, 2.05) is 44.2 Å². The zero-order valence-electron chi connectivity index (χ0n) is 11.2. The zero-order valence-corrected chi connectivity index (χ0v) is 12.8. The highest BCUT2D eigenvalue weighted by Gasteiger charge is 2.14. The highest BCUT2D eigenvalue weighted by Crippen LogP contribution is 2.29. The van der Waals surface area contributed by atoms with Crippen molar-refractivity contribution in [1.82, 2.24) is 0 Å². The summed E-state index contributed by atoms with van der Waals surface area (Å²) < 4.78 is 14.4. The zero-order chi connectivity index (χ0) is 14.7. The molecule has 0 aliphatic rings. The van der Waals surface area contributed by atoms with Crippen LogP contribution >= 0.6 is 15.9 Å². The summed E-state index contributed by atoms with van der Waals surface area (Å²) in [4.78, 5) is 0. The van der Waals surface area contributed by atoms with Crippen molar-refractivity contribution < 1.29 is 4.39 Å². The van der Waals surface area contributed by atoms with Gasteiger partial charge in [0.15, 0.2) is 5.82 Å². The van der Waals surface area contributed by atoms with Crippen LogP contribution in [0, 0.1) is 24.1 Å². The molecule has 2 aromatic carbocycles. The number of hydrogen-bond donors (Lipinski definition) is 1. The number of aryl methyl sites for hydroxylation is 1. The lowest BCUT2D eigenvalue weighted by Gasteiger charge is -2.18. The molecule has 20 heavy (non-hydrogen) atoms. The first-order valence-electron chi connectivity index (χ1n) is 6.24. The molecule has 2 nitrogen and oxygen atoms in total. The van der Waals surface area contributed by atoms with E-state index in [0.29, 0.717) is 5.69 Å². The quantitative estimate of drug-likeness (QED) is 0.863. The normalized spacial score (nSPS) is 11.8. The Balaban J connectivity index is 2.30. The number of hydrogen-bond acceptors (Lipinski definition) is 2. The first kappa shape index (κ1) is 14.5. The molecule has 0 aliphatic carbocycles. The van der Waals surface area contributed by atoms with Crippen LogP contribution in [0.5, 0.6) is 0 Å². The molecule has 0 heterocycles. The van der Waals surface area contributed by atoms with Gasteiger partial charge in [0.2, 0.25) is 0 Å². The molecule has 0 fully saturated rings. The molecule has 0 saturated carbocycles. The lowest BCUT2D eigenvalue weighted by molar-refractivity contribution is 0.620. The Morgan fingerprint density at radius 3 is 2.60 bits per heavy atom. The van der Waals surface area contributed by atoms with Gasteiger partial charge in [0.1, 0.15) is 6.07 Å². The molecule has 0 aromatic heterocycles. The van der Waals surface area contributed by atoms with Crippen LogP contribution in [-0.4, -0.2) is 0 Å². The van der Waals surface area contributed by atoms with Crippen molar-refractivity contribution in [3.05, 3.63) is 63.4 Å². The van der Waals surface area contributed by atoms with Gasteiger partial charge in [-0.15, -0.1) is 0 Å². The molecule has 1 N–H and O–H groups in total. The lowest BCUT2D eigenvalue weighted by Crippen LogP contribution is -2.09. The highest BCUT2D eigenvalue weighted by molar-refractivity contribution is 9.10. The summed E-state index contributed by atoms with van der Waals surface area (Å²) >= 11 is 3.11. The smallest absolute Gasteiger partial charge is 0.161 e. The lowest BCUT2D eigenvalue weighted by atomic mass is 10.0. The van der Waals surface area contributed by atoms with Crippen LogP contribution in [0.25, 0.3) is 0 Å². The highest BCUT2D eigenvalue weighted by atomic mass is 79.9. The van der Waals surface area contributed by atoms with Crippen molar-refractivity contribution in [1.29, 1.82) is 5.26 Å². The van der Waals surface area contributed by atoms with Crippen LogP contribution in [0.2, 0.25) is 0 Å².